The van der Waals surface area contributed by atoms with Crippen LogP contribution in [0.1, 0.15) is 25.8 Å². The Labute approximate surface area is 198 Å². The van der Waals surface area contributed by atoms with E-state index in [2.05, 4.69) is 29.4 Å². The topological polar surface area (TPSA) is 114 Å². The van der Waals surface area contributed by atoms with Gasteiger partial charge >= 0.3 is 29.6 Å². The first kappa shape index (κ1) is 24.5. The Morgan fingerprint density at radius 1 is 1.07 bits per heavy atom. The number of hydrogen-bond donors (Lipinski definition) is 2. The van der Waals surface area contributed by atoms with E-state index in [0.29, 0.717) is 22.5 Å². The standard InChI is InChI=1S/C21H23N3O4S.Na/c1-3-14(2)22-13-15-4-7-17(8-5-15)23-24-21-19-10-9-18(29(26,27)28)12-16(19)6-11-20(21)25;/h4-12,14,22,25H,3,13H2,1-2H3,(H,26,27,28);/q;+1/p-1. The number of hydrogen-bond acceptors (Lipinski definition) is 7. The molecule has 30 heavy (non-hydrogen) atoms. The van der Waals surface area contributed by atoms with Crippen molar-refractivity contribution in [2.45, 2.75) is 37.8 Å². The molecule has 9 heteroatoms. The second kappa shape index (κ2) is 10.5. The van der Waals surface area contributed by atoms with Crippen molar-refractivity contribution in [2.24, 2.45) is 10.2 Å². The molecule has 0 heterocycles. The third kappa shape index (κ3) is 6.10. The Morgan fingerprint density at radius 2 is 1.77 bits per heavy atom. The molecule has 0 fully saturated rings. The molecule has 0 aliphatic rings. The fourth-order valence-electron chi connectivity index (χ4n) is 2.77. The van der Waals surface area contributed by atoms with E-state index < -0.39 is 10.1 Å². The Morgan fingerprint density at radius 3 is 2.40 bits per heavy atom. The summed E-state index contributed by atoms with van der Waals surface area (Å²) in [5.41, 5.74) is 1.95. The van der Waals surface area contributed by atoms with Gasteiger partial charge in [0.1, 0.15) is 21.6 Å². The third-order valence-corrected chi connectivity index (χ3v) is 5.53. The van der Waals surface area contributed by atoms with Gasteiger partial charge in [0.05, 0.1) is 10.6 Å². The minimum absolute atomic E-state index is 0. The van der Waals surface area contributed by atoms with Crippen molar-refractivity contribution < 1.29 is 47.6 Å². The molecule has 3 aromatic carbocycles. The second-order valence-corrected chi connectivity index (χ2v) is 8.21. The molecular weight excluding hydrogens is 413 g/mol. The first-order valence-corrected chi connectivity index (χ1v) is 10.6. The molecule has 1 atom stereocenters. The Kier molecular flexibility index (Phi) is 8.54. The van der Waals surface area contributed by atoms with Gasteiger partial charge in [0.2, 0.25) is 0 Å². The van der Waals surface area contributed by atoms with Crippen LogP contribution in [0.3, 0.4) is 0 Å². The number of benzene rings is 3. The van der Waals surface area contributed by atoms with E-state index in [0.717, 1.165) is 18.5 Å². The summed E-state index contributed by atoms with van der Waals surface area (Å²) in [6, 6.07) is 14.8. The molecular formula is C21H22N3NaO4S. The largest absolute Gasteiger partial charge is 1.00 e. The average Bonchev–Trinajstić information content (AvgIpc) is 2.71. The van der Waals surface area contributed by atoms with Crippen LogP contribution in [-0.4, -0.2) is 24.1 Å². The Balaban J connectivity index is 0.00000320. The van der Waals surface area contributed by atoms with E-state index in [-0.39, 0.29) is 45.9 Å². The first-order valence-electron chi connectivity index (χ1n) is 9.23. The number of phenolic OH excluding ortho intramolecular Hbond substituents is 1. The van der Waals surface area contributed by atoms with Gasteiger partial charge in [0, 0.05) is 18.0 Å². The van der Waals surface area contributed by atoms with Gasteiger partial charge in [-0.25, -0.2) is 8.42 Å². The zero-order valence-electron chi connectivity index (χ0n) is 17.2. The molecule has 0 aliphatic carbocycles. The van der Waals surface area contributed by atoms with Crippen molar-refractivity contribution in [3.63, 3.8) is 0 Å². The predicted molar refractivity (Wildman–Crippen MR) is 111 cm³/mol. The van der Waals surface area contributed by atoms with Gasteiger partial charge in [0.25, 0.3) is 0 Å². The number of phenols is 1. The van der Waals surface area contributed by atoms with Crippen molar-refractivity contribution in [1.82, 2.24) is 5.32 Å². The molecule has 0 saturated heterocycles. The number of nitrogens with one attached hydrogen (secondary N) is 1. The van der Waals surface area contributed by atoms with Crippen molar-refractivity contribution in [3.05, 3.63) is 60.2 Å². The number of nitrogens with zero attached hydrogens (tertiary/aromatic N) is 2. The molecule has 1 unspecified atom stereocenters. The number of rotatable bonds is 7. The van der Waals surface area contributed by atoms with E-state index in [1.165, 1.54) is 30.3 Å². The molecule has 3 rings (SSSR count). The van der Waals surface area contributed by atoms with Crippen molar-refractivity contribution in [3.8, 4) is 5.75 Å². The van der Waals surface area contributed by atoms with Crippen LogP contribution in [0.2, 0.25) is 0 Å². The maximum absolute atomic E-state index is 11.2. The molecule has 0 radical (unpaired) electrons. The average molecular weight is 435 g/mol. The number of azo groups is 1. The summed E-state index contributed by atoms with van der Waals surface area (Å²) < 4.78 is 33.6. The van der Waals surface area contributed by atoms with Crippen LogP contribution in [0.15, 0.2) is 69.7 Å². The zero-order chi connectivity index (χ0) is 21.0. The predicted octanol–water partition coefficient (Wildman–Crippen LogP) is 1.76. The van der Waals surface area contributed by atoms with Gasteiger partial charge in [-0.05, 0) is 54.6 Å². The molecule has 0 bridgehead atoms. The van der Waals surface area contributed by atoms with Gasteiger partial charge in [-0.1, -0.05) is 31.2 Å². The molecule has 3 aromatic rings. The van der Waals surface area contributed by atoms with Crippen LogP contribution in [-0.2, 0) is 16.7 Å². The number of aromatic hydroxyl groups is 1. The summed E-state index contributed by atoms with van der Waals surface area (Å²) >= 11 is 0. The zero-order valence-corrected chi connectivity index (χ0v) is 20.0. The van der Waals surface area contributed by atoms with Crippen LogP contribution >= 0.6 is 0 Å². The van der Waals surface area contributed by atoms with Crippen molar-refractivity contribution in [1.29, 1.82) is 0 Å². The molecule has 0 spiro atoms. The Bertz CT molecular complexity index is 1150. The van der Waals surface area contributed by atoms with Crippen LogP contribution in [0.4, 0.5) is 11.4 Å². The van der Waals surface area contributed by atoms with Gasteiger partial charge in [-0.3, -0.25) is 0 Å². The van der Waals surface area contributed by atoms with Crippen LogP contribution in [0.5, 0.6) is 5.75 Å². The van der Waals surface area contributed by atoms with Gasteiger partial charge in [-0.15, -0.1) is 5.11 Å². The maximum atomic E-state index is 11.2. The first-order chi connectivity index (χ1) is 13.8. The molecule has 0 saturated carbocycles. The normalized spacial score (nSPS) is 12.8. The minimum Gasteiger partial charge on any atom is -0.744 e. The van der Waals surface area contributed by atoms with Crippen LogP contribution in [0, 0.1) is 0 Å². The number of fused-ring (bicyclic) bond motifs is 1. The summed E-state index contributed by atoms with van der Waals surface area (Å²) in [6.07, 6.45) is 1.06. The summed E-state index contributed by atoms with van der Waals surface area (Å²) in [5.74, 6) is -0.0895. The molecule has 0 amide bonds. The van der Waals surface area contributed by atoms with Crippen molar-refractivity contribution >= 4 is 32.3 Å². The Hall–Kier alpha value is -1.81. The SMILES string of the molecule is CCC(C)NCc1ccc(N=Nc2c(O)ccc3cc(S(=O)(=O)[O-])ccc23)cc1.[Na+]. The molecule has 2 N–H and O–H groups in total. The van der Waals surface area contributed by atoms with E-state index in [1.807, 2.05) is 24.3 Å². The van der Waals surface area contributed by atoms with Crippen LogP contribution < -0.4 is 34.9 Å². The van der Waals surface area contributed by atoms with Gasteiger partial charge in [-0.2, -0.15) is 5.11 Å². The van der Waals surface area contributed by atoms with Crippen LogP contribution in [0.25, 0.3) is 10.8 Å². The van der Waals surface area contributed by atoms with Crippen molar-refractivity contribution in [2.75, 3.05) is 0 Å². The third-order valence-electron chi connectivity index (χ3n) is 4.70. The minimum atomic E-state index is -4.56. The summed E-state index contributed by atoms with van der Waals surface area (Å²) in [5, 5.41) is 22.9. The van der Waals surface area contributed by atoms with E-state index >= 15 is 0 Å². The van der Waals surface area contributed by atoms with Gasteiger partial charge in [0.15, 0.2) is 0 Å². The molecule has 152 valence electrons. The molecule has 0 aliphatic heterocycles. The summed E-state index contributed by atoms with van der Waals surface area (Å²) in [6.45, 7) is 5.03. The fraction of sp³-hybridized carbons (Fsp3) is 0.238. The van der Waals surface area contributed by atoms with Gasteiger partial charge < -0.3 is 15.0 Å². The smallest absolute Gasteiger partial charge is 0.744 e. The molecule has 7 nitrogen and oxygen atoms in total. The van der Waals surface area contributed by atoms with E-state index in [1.54, 1.807) is 0 Å². The molecule has 0 aromatic heterocycles. The summed E-state index contributed by atoms with van der Waals surface area (Å²) in [4.78, 5) is -0.333. The fourth-order valence-corrected chi connectivity index (χ4v) is 3.27. The monoisotopic (exact) mass is 435 g/mol. The van der Waals surface area contributed by atoms with E-state index in [9.17, 15) is 18.1 Å². The second-order valence-electron chi connectivity index (χ2n) is 6.83. The van der Waals surface area contributed by atoms with E-state index in [4.69, 9.17) is 0 Å². The maximum Gasteiger partial charge on any atom is 1.00 e. The summed E-state index contributed by atoms with van der Waals surface area (Å²) in [7, 11) is -4.56. The quantitative estimate of drug-likeness (QED) is 0.333.